The SMILES string of the molecule is O=C(c1ccc(C(F)(F)F)cc1)N1CCN(C(=O)c2nc3cccnc3n(C3CC3)c2=O)CC1. The highest BCUT2D eigenvalue weighted by Gasteiger charge is 2.33. The fraction of sp³-hybridized carbons (Fsp3) is 0.348. The van der Waals surface area contributed by atoms with Crippen molar-refractivity contribution in [3.8, 4) is 0 Å². The molecular weight excluding hydrogens is 451 g/mol. The van der Waals surface area contributed by atoms with Crippen molar-refractivity contribution in [2.75, 3.05) is 26.2 Å². The van der Waals surface area contributed by atoms with Crippen LogP contribution in [0.4, 0.5) is 13.2 Å². The molecule has 5 rings (SSSR count). The lowest BCUT2D eigenvalue weighted by Crippen LogP contribution is -2.51. The second-order valence-corrected chi connectivity index (χ2v) is 8.37. The molecule has 1 aliphatic carbocycles. The van der Waals surface area contributed by atoms with E-state index < -0.39 is 29.1 Å². The van der Waals surface area contributed by atoms with Crippen molar-refractivity contribution in [1.29, 1.82) is 0 Å². The van der Waals surface area contributed by atoms with E-state index in [1.807, 2.05) is 0 Å². The average Bonchev–Trinajstić information content (AvgIpc) is 3.67. The van der Waals surface area contributed by atoms with Crippen LogP contribution in [0.5, 0.6) is 0 Å². The van der Waals surface area contributed by atoms with Crippen molar-refractivity contribution >= 4 is 23.0 Å². The quantitative estimate of drug-likeness (QED) is 0.586. The van der Waals surface area contributed by atoms with E-state index in [-0.39, 0.29) is 43.5 Å². The highest BCUT2D eigenvalue weighted by molar-refractivity contribution is 5.95. The van der Waals surface area contributed by atoms with Crippen LogP contribution in [0.25, 0.3) is 11.2 Å². The molecule has 0 atom stereocenters. The standard InChI is InChI=1S/C23H20F3N5O3/c24-23(25,26)15-5-3-14(4-6-15)20(32)29-10-12-30(13-11-29)21(33)18-22(34)31(16-7-8-16)19-17(28-18)2-1-9-27-19/h1-6,9,16H,7-8,10-13H2. The third-order valence-electron chi connectivity index (χ3n) is 6.08. The molecule has 1 aromatic carbocycles. The maximum atomic E-state index is 13.2. The van der Waals surface area contributed by atoms with E-state index in [0.717, 1.165) is 37.1 Å². The summed E-state index contributed by atoms with van der Waals surface area (Å²) in [4.78, 5) is 50.4. The number of fused-ring (bicyclic) bond motifs is 1. The molecule has 34 heavy (non-hydrogen) atoms. The van der Waals surface area contributed by atoms with Gasteiger partial charge in [0.15, 0.2) is 11.3 Å². The van der Waals surface area contributed by atoms with Gasteiger partial charge in [0.2, 0.25) is 0 Å². The maximum absolute atomic E-state index is 13.2. The number of halogens is 3. The lowest BCUT2D eigenvalue weighted by molar-refractivity contribution is -0.137. The van der Waals surface area contributed by atoms with Gasteiger partial charge in [-0.2, -0.15) is 13.2 Å². The Bertz CT molecular complexity index is 1320. The number of benzene rings is 1. The molecule has 2 fully saturated rings. The summed E-state index contributed by atoms with van der Waals surface area (Å²) in [5, 5.41) is 0. The van der Waals surface area contributed by atoms with Gasteiger partial charge in [-0.25, -0.2) is 9.97 Å². The molecule has 0 bridgehead atoms. The highest BCUT2D eigenvalue weighted by atomic mass is 19.4. The van der Waals surface area contributed by atoms with Crippen LogP contribution in [-0.2, 0) is 6.18 Å². The number of alkyl halides is 3. The van der Waals surface area contributed by atoms with E-state index in [0.29, 0.717) is 11.2 Å². The Hall–Kier alpha value is -3.76. The lowest BCUT2D eigenvalue weighted by atomic mass is 10.1. The van der Waals surface area contributed by atoms with Gasteiger partial charge in [-0.1, -0.05) is 0 Å². The van der Waals surface area contributed by atoms with Crippen LogP contribution in [-0.4, -0.2) is 62.3 Å². The number of rotatable bonds is 3. The first kappa shape index (κ1) is 22.1. The number of carbonyl (C=O) groups is 2. The number of piperazine rings is 1. The first-order valence-corrected chi connectivity index (χ1v) is 10.9. The van der Waals surface area contributed by atoms with Gasteiger partial charge < -0.3 is 9.80 Å². The summed E-state index contributed by atoms with van der Waals surface area (Å²) >= 11 is 0. The molecule has 2 amide bonds. The van der Waals surface area contributed by atoms with Crippen molar-refractivity contribution in [2.24, 2.45) is 0 Å². The van der Waals surface area contributed by atoms with E-state index in [9.17, 15) is 27.6 Å². The van der Waals surface area contributed by atoms with Crippen LogP contribution in [0, 0.1) is 0 Å². The predicted molar refractivity (Wildman–Crippen MR) is 115 cm³/mol. The molecule has 3 aromatic rings. The third-order valence-corrected chi connectivity index (χ3v) is 6.08. The van der Waals surface area contributed by atoms with Crippen LogP contribution in [0.15, 0.2) is 47.4 Å². The van der Waals surface area contributed by atoms with Gasteiger partial charge in [-0.3, -0.25) is 19.0 Å². The van der Waals surface area contributed by atoms with Crippen molar-refractivity contribution in [2.45, 2.75) is 25.1 Å². The summed E-state index contributed by atoms with van der Waals surface area (Å²) in [6, 6.07) is 7.45. The second kappa shape index (κ2) is 8.23. The summed E-state index contributed by atoms with van der Waals surface area (Å²) in [7, 11) is 0. The molecule has 2 aliphatic rings. The van der Waals surface area contributed by atoms with Gasteiger partial charge in [0, 0.05) is 44.0 Å². The first-order chi connectivity index (χ1) is 16.2. The Morgan fingerprint density at radius 3 is 2.12 bits per heavy atom. The zero-order valence-electron chi connectivity index (χ0n) is 18.0. The fourth-order valence-corrected chi connectivity index (χ4v) is 4.10. The molecular formula is C23H20F3N5O3. The van der Waals surface area contributed by atoms with Gasteiger partial charge in [0.1, 0.15) is 5.52 Å². The van der Waals surface area contributed by atoms with E-state index in [1.54, 1.807) is 22.9 Å². The van der Waals surface area contributed by atoms with Crippen molar-refractivity contribution in [1.82, 2.24) is 24.3 Å². The maximum Gasteiger partial charge on any atom is 0.416 e. The number of hydrogen-bond acceptors (Lipinski definition) is 5. The van der Waals surface area contributed by atoms with Gasteiger partial charge >= 0.3 is 6.18 Å². The Kier molecular flexibility index (Phi) is 5.34. The number of carbonyl (C=O) groups excluding carboxylic acids is 2. The lowest BCUT2D eigenvalue weighted by Gasteiger charge is -2.34. The molecule has 1 saturated heterocycles. The number of hydrogen-bond donors (Lipinski definition) is 0. The van der Waals surface area contributed by atoms with Crippen molar-refractivity contribution in [3.05, 3.63) is 69.8 Å². The smallest absolute Gasteiger partial charge is 0.335 e. The van der Waals surface area contributed by atoms with Crippen LogP contribution in [0.3, 0.4) is 0 Å². The minimum absolute atomic E-state index is 0.0117. The van der Waals surface area contributed by atoms with Crippen molar-refractivity contribution < 1.29 is 22.8 Å². The van der Waals surface area contributed by atoms with E-state index in [4.69, 9.17) is 0 Å². The van der Waals surface area contributed by atoms with Gasteiger partial charge in [-0.05, 0) is 49.2 Å². The zero-order valence-corrected chi connectivity index (χ0v) is 18.0. The largest absolute Gasteiger partial charge is 0.416 e. The number of aromatic nitrogens is 3. The Morgan fingerprint density at radius 2 is 1.53 bits per heavy atom. The third kappa shape index (κ3) is 4.02. The Morgan fingerprint density at radius 1 is 0.912 bits per heavy atom. The summed E-state index contributed by atoms with van der Waals surface area (Å²) in [6.45, 7) is 0.747. The van der Waals surface area contributed by atoms with Crippen LogP contribution >= 0.6 is 0 Å². The molecule has 176 valence electrons. The summed E-state index contributed by atoms with van der Waals surface area (Å²) in [6.07, 6.45) is -1.21. The number of nitrogens with zero attached hydrogens (tertiary/aromatic N) is 5. The average molecular weight is 471 g/mol. The second-order valence-electron chi connectivity index (χ2n) is 8.37. The number of amides is 2. The van der Waals surface area contributed by atoms with Crippen LogP contribution < -0.4 is 5.56 Å². The zero-order chi connectivity index (χ0) is 24.0. The molecule has 8 nitrogen and oxygen atoms in total. The van der Waals surface area contributed by atoms with E-state index in [1.165, 1.54) is 9.80 Å². The molecule has 0 unspecified atom stereocenters. The molecule has 0 spiro atoms. The molecule has 0 radical (unpaired) electrons. The first-order valence-electron chi connectivity index (χ1n) is 10.9. The van der Waals surface area contributed by atoms with Crippen molar-refractivity contribution in [3.63, 3.8) is 0 Å². The molecule has 11 heteroatoms. The predicted octanol–water partition coefficient (Wildman–Crippen LogP) is 2.74. The number of pyridine rings is 1. The van der Waals surface area contributed by atoms with E-state index in [2.05, 4.69) is 9.97 Å². The minimum atomic E-state index is -4.47. The molecule has 2 aromatic heterocycles. The molecule has 1 saturated carbocycles. The summed E-state index contributed by atoms with van der Waals surface area (Å²) < 4.78 is 39.8. The minimum Gasteiger partial charge on any atom is -0.335 e. The van der Waals surface area contributed by atoms with Gasteiger partial charge in [0.05, 0.1) is 5.56 Å². The Labute approximate surface area is 191 Å². The van der Waals surface area contributed by atoms with Crippen LogP contribution in [0.1, 0.15) is 45.3 Å². The molecule has 0 N–H and O–H groups in total. The monoisotopic (exact) mass is 471 g/mol. The molecule has 3 heterocycles. The fourth-order valence-electron chi connectivity index (χ4n) is 4.10. The summed E-state index contributed by atoms with van der Waals surface area (Å²) in [5.41, 5.74) is -0.401. The van der Waals surface area contributed by atoms with Crippen LogP contribution in [0.2, 0.25) is 0 Å². The Balaban J connectivity index is 1.31. The van der Waals surface area contributed by atoms with E-state index >= 15 is 0 Å². The molecule has 1 aliphatic heterocycles. The van der Waals surface area contributed by atoms with Gasteiger partial charge in [-0.15, -0.1) is 0 Å². The highest BCUT2D eigenvalue weighted by Crippen LogP contribution is 2.35. The summed E-state index contributed by atoms with van der Waals surface area (Å²) in [5.74, 6) is -0.918. The topological polar surface area (TPSA) is 88.4 Å². The normalized spacial score (nSPS) is 16.7. The van der Waals surface area contributed by atoms with Gasteiger partial charge in [0.25, 0.3) is 17.4 Å².